The number of para-hydroxylation sites is 2. The third kappa shape index (κ3) is 6.04. The molecule has 1 aliphatic heterocycles. The van der Waals surface area contributed by atoms with Crippen molar-refractivity contribution in [2.75, 3.05) is 38.2 Å². The molecule has 0 atom stereocenters. The molecular weight excluding hydrogens is 512 g/mol. The van der Waals surface area contributed by atoms with Crippen LogP contribution in [0.5, 0.6) is 23.0 Å². The number of hydrogen-bond donors (Lipinski definition) is 1. The summed E-state index contributed by atoms with van der Waals surface area (Å²) in [5.41, 5.74) is 1.94. The van der Waals surface area contributed by atoms with E-state index in [1.165, 1.54) is 30.9 Å². The molecule has 1 N–H and O–H groups in total. The molecule has 0 unspecified atom stereocenters. The molecule has 190 valence electrons. The van der Waals surface area contributed by atoms with Gasteiger partial charge in [-0.25, -0.2) is 0 Å². The number of benzene rings is 3. The van der Waals surface area contributed by atoms with E-state index in [9.17, 15) is 9.59 Å². The van der Waals surface area contributed by atoms with E-state index in [4.69, 9.17) is 31.2 Å². The van der Waals surface area contributed by atoms with Crippen LogP contribution in [0.4, 0.5) is 11.4 Å². The molecule has 3 aromatic rings. The SMILES string of the molecule is COc1ccc(N2C(=O)/C(=C\c3ccc(OCC(=O)Nc4ccccc4OC)c(OC)c3)SC2=S)cc1. The summed E-state index contributed by atoms with van der Waals surface area (Å²) in [4.78, 5) is 27.4. The molecule has 0 aromatic heterocycles. The minimum atomic E-state index is -0.349. The zero-order chi connectivity index (χ0) is 26.4. The number of nitrogens with one attached hydrogen (secondary N) is 1. The quantitative estimate of drug-likeness (QED) is 0.297. The van der Waals surface area contributed by atoms with Gasteiger partial charge in [-0.3, -0.25) is 14.5 Å². The molecule has 37 heavy (non-hydrogen) atoms. The number of carbonyl (C=O) groups excluding carboxylic acids is 2. The standard InChI is InChI=1S/C27H24N2O6S2/c1-32-19-11-9-18(10-12-19)29-26(31)24(37-27(29)36)15-17-8-13-22(23(14-17)34-3)35-16-25(30)28-20-6-4-5-7-21(20)33-2/h4-15H,16H2,1-3H3,(H,28,30)/b24-15+. The third-order valence-electron chi connectivity index (χ3n) is 5.35. The van der Waals surface area contributed by atoms with Crippen molar-refractivity contribution in [2.24, 2.45) is 0 Å². The van der Waals surface area contributed by atoms with Gasteiger partial charge in [0.1, 0.15) is 11.5 Å². The zero-order valence-corrected chi connectivity index (χ0v) is 22.0. The first kappa shape index (κ1) is 26.1. The summed E-state index contributed by atoms with van der Waals surface area (Å²) in [7, 11) is 4.62. The Kier molecular flexibility index (Phi) is 8.32. The molecule has 1 heterocycles. The number of anilines is 2. The van der Waals surface area contributed by atoms with Gasteiger partial charge in [-0.15, -0.1) is 0 Å². The summed E-state index contributed by atoms with van der Waals surface area (Å²) >= 11 is 6.67. The Hall–Kier alpha value is -4.02. The van der Waals surface area contributed by atoms with Crippen molar-refractivity contribution in [3.63, 3.8) is 0 Å². The van der Waals surface area contributed by atoms with Crippen molar-refractivity contribution in [3.05, 3.63) is 77.2 Å². The van der Waals surface area contributed by atoms with Gasteiger partial charge in [0, 0.05) is 0 Å². The van der Waals surface area contributed by atoms with Gasteiger partial charge < -0.3 is 24.3 Å². The van der Waals surface area contributed by atoms with Gasteiger partial charge in [0.05, 0.1) is 37.6 Å². The summed E-state index contributed by atoms with van der Waals surface area (Å²) in [5, 5.41) is 2.76. The third-order valence-corrected chi connectivity index (χ3v) is 6.65. The maximum absolute atomic E-state index is 13.1. The van der Waals surface area contributed by atoms with Crippen LogP contribution in [-0.4, -0.2) is 44.1 Å². The summed E-state index contributed by atoms with van der Waals surface area (Å²) < 4.78 is 22.0. The van der Waals surface area contributed by atoms with Crippen molar-refractivity contribution in [3.8, 4) is 23.0 Å². The van der Waals surface area contributed by atoms with Crippen LogP contribution in [-0.2, 0) is 9.59 Å². The number of amides is 2. The monoisotopic (exact) mass is 536 g/mol. The van der Waals surface area contributed by atoms with Gasteiger partial charge in [-0.2, -0.15) is 0 Å². The van der Waals surface area contributed by atoms with Gasteiger partial charge in [0.15, 0.2) is 22.4 Å². The van der Waals surface area contributed by atoms with Crippen LogP contribution in [0.25, 0.3) is 6.08 Å². The van der Waals surface area contributed by atoms with E-state index >= 15 is 0 Å². The molecule has 0 radical (unpaired) electrons. The molecule has 0 saturated carbocycles. The lowest BCUT2D eigenvalue weighted by Crippen LogP contribution is -2.27. The highest BCUT2D eigenvalue weighted by atomic mass is 32.2. The first-order valence-electron chi connectivity index (χ1n) is 11.1. The fourth-order valence-electron chi connectivity index (χ4n) is 3.54. The number of thiocarbonyl (C=S) groups is 1. The lowest BCUT2D eigenvalue weighted by molar-refractivity contribution is -0.118. The Morgan fingerprint density at radius 2 is 1.68 bits per heavy atom. The highest BCUT2D eigenvalue weighted by molar-refractivity contribution is 8.27. The van der Waals surface area contributed by atoms with Crippen molar-refractivity contribution < 1.29 is 28.5 Å². The van der Waals surface area contributed by atoms with E-state index < -0.39 is 0 Å². The summed E-state index contributed by atoms with van der Waals surface area (Å²) in [6.45, 7) is -0.228. The Morgan fingerprint density at radius 1 is 0.946 bits per heavy atom. The second-order valence-corrected chi connectivity index (χ2v) is 9.34. The fraction of sp³-hybridized carbons (Fsp3) is 0.148. The number of nitrogens with zero attached hydrogens (tertiary/aromatic N) is 1. The normalized spacial score (nSPS) is 14.0. The number of rotatable bonds is 9. The first-order valence-corrected chi connectivity index (χ1v) is 12.3. The molecule has 0 bridgehead atoms. The van der Waals surface area contributed by atoms with E-state index in [1.54, 1.807) is 73.8 Å². The van der Waals surface area contributed by atoms with Gasteiger partial charge in [0.2, 0.25) is 0 Å². The average molecular weight is 537 g/mol. The topological polar surface area (TPSA) is 86.3 Å². The fourth-order valence-corrected chi connectivity index (χ4v) is 4.84. The molecule has 8 nitrogen and oxygen atoms in total. The van der Waals surface area contributed by atoms with Crippen LogP contribution >= 0.6 is 24.0 Å². The number of thioether (sulfide) groups is 1. The van der Waals surface area contributed by atoms with Crippen LogP contribution in [0.1, 0.15) is 5.56 Å². The van der Waals surface area contributed by atoms with Crippen LogP contribution < -0.4 is 29.2 Å². The van der Waals surface area contributed by atoms with E-state index in [0.717, 1.165) is 5.56 Å². The van der Waals surface area contributed by atoms with Gasteiger partial charge in [-0.1, -0.05) is 42.2 Å². The average Bonchev–Trinajstić information content (AvgIpc) is 3.20. The molecular formula is C27H24N2O6S2. The lowest BCUT2D eigenvalue weighted by Gasteiger charge is -2.14. The molecule has 10 heteroatoms. The Labute approximate surface area is 224 Å². The predicted molar refractivity (Wildman–Crippen MR) is 149 cm³/mol. The molecule has 1 aliphatic rings. The highest BCUT2D eigenvalue weighted by Crippen LogP contribution is 2.37. The lowest BCUT2D eigenvalue weighted by atomic mass is 10.1. The molecule has 3 aromatic carbocycles. The van der Waals surface area contributed by atoms with Gasteiger partial charge in [-0.05, 0) is 60.2 Å². The molecule has 1 fully saturated rings. The number of methoxy groups -OCH3 is 3. The minimum absolute atomic E-state index is 0.215. The van der Waals surface area contributed by atoms with Crippen molar-refractivity contribution in [2.45, 2.75) is 0 Å². The van der Waals surface area contributed by atoms with Crippen molar-refractivity contribution >= 4 is 57.6 Å². The number of ether oxygens (including phenoxy) is 4. The summed E-state index contributed by atoms with van der Waals surface area (Å²) in [6, 6.07) is 19.4. The smallest absolute Gasteiger partial charge is 0.270 e. The Bertz CT molecular complexity index is 1360. The van der Waals surface area contributed by atoms with E-state index in [0.29, 0.717) is 43.6 Å². The summed E-state index contributed by atoms with van der Waals surface area (Å²) in [5.74, 6) is 1.49. The van der Waals surface area contributed by atoms with Crippen molar-refractivity contribution in [1.82, 2.24) is 0 Å². The number of hydrogen-bond acceptors (Lipinski definition) is 8. The van der Waals surface area contributed by atoms with Crippen LogP contribution in [0.3, 0.4) is 0 Å². The number of carbonyl (C=O) groups is 2. The van der Waals surface area contributed by atoms with Crippen molar-refractivity contribution in [1.29, 1.82) is 0 Å². The van der Waals surface area contributed by atoms with Gasteiger partial charge >= 0.3 is 0 Å². The van der Waals surface area contributed by atoms with Gasteiger partial charge in [0.25, 0.3) is 11.8 Å². The van der Waals surface area contributed by atoms with E-state index in [1.807, 2.05) is 6.07 Å². The molecule has 2 amide bonds. The van der Waals surface area contributed by atoms with E-state index in [-0.39, 0.29) is 18.4 Å². The summed E-state index contributed by atoms with van der Waals surface area (Å²) in [6.07, 6.45) is 1.74. The molecule has 1 saturated heterocycles. The maximum atomic E-state index is 13.1. The Balaban J connectivity index is 1.45. The second-order valence-electron chi connectivity index (χ2n) is 7.66. The molecule has 0 aliphatic carbocycles. The highest BCUT2D eigenvalue weighted by Gasteiger charge is 2.33. The molecule has 0 spiro atoms. The van der Waals surface area contributed by atoms with Crippen LogP contribution in [0.2, 0.25) is 0 Å². The zero-order valence-electron chi connectivity index (χ0n) is 20.3. The van der Waals surface area contributed by atoms with E-state index in [2.05, 4.69) is 5.32 Å². The maximum Gasteiger partial charge on any atom is 0.270 e. The second kappa shape index (κ2) is 11.8. The largest absolute Gasteiger partial charge is 0.497 e. The Morgan fingerprint density at radius 3 is 2.38 bits per heavy atom. The van der Waals surface area contributed by atoms with Crippen LogP contribution in [0, 0.1) is 0 Å². The first-order chi connectivity index (χ1) is 17.9. The minimum Gasteiger partial charge on any atom is -0.497 e. The predicted octanol–water partition coefficient (Wildman–Crippen LogP) is 5.14. The molecule has 4 rings (SSSR count). The van der Waals surface area contributed by atoms with Crippen LogP contribution in [0.15, 0.2) is 71.6 Å².